The summed E-state index contributed by atoms with van der Waals surface area (Å²) in [5.41, 5.74) is -0.803. The van der Waals surface area contributed by atoms with Crippen molar-refractivity contribution in [2.75, 3.05) is 0 Å². The van der Waals surface area contributed by atoms with Gasteiger partial charge in [0.25, 0.3) is 5.56 Å². The van der Waals surface area contributed by atoms with Gasteiger partial charge in [-0.1, -0.05) is 30.8 Å². The van der Waals surface area contributed by atoms with Crippen LogP contribution in [-0.4, -0.2) is 21.3 Å². The molecule has 0 unspecified atom stereocenters. The van der Waals surface area contributed by atoms with Gasteiger partial charge in [-0.2, -0.15) is 4.98 Å². The molecular formula is C21H26FN3O4. The number of nitrogens with zero attached hydrogens (tertiary/aromatic N) is 2. The van der Waals surface area contributed by atoms with Gasteiger partial charge in [-0.3, -0.25) is 9.78 Å². The van der Waals surface area contributed by atoms with Crippen LogP contribution < -0.4 is 16.0 Å². The summed E-state index contributed by atoms with van der Waals surface area (Å²) in [6.45, 7) is 1.58. The van der Waals surface area contributed by atoms with Gasteiger partial charge >= 0.3 is 11.6 Å². The minimum absolute atomic E-state index is 0.0437. The number of halogens is 1. The maximum absolute atomic E-state index is 13.9. The van der Waals surface area contributed by atoms with Crippen molar-refractivity contribution in [1.29, 1.82) is 0 Å². The summed E-state index contributed by atoms with van der Waals surface area (Å²) in [6.07, 6.45) is 8.24. The van der Waals surface area contributed by atoms with Gasteiger partial charge in [0.1, 0.15) is 11.1 Å². The van der Waals surface area contributed by atoms with Crippen molar-refractivity contribution in [3.63, 3.8) is 0 Å². The van der Waals surface area contributed by atoms with Crippen LogP contribution in [0.2, 0.25) is 0 Å². The second kappa shape index (κ2) is 8.08. The summed E-state index contributed by atoms with van der Waals surface area (Å²) < 4.78 is 19.0. The minimum atomic E-state index is -1.17. The maximum Gasteiger partial charge on any atom is 0.337 e. The molecule has 2 aliphatic carbocycles. The van der Waals surface area contributed by atoms with Crippen LogP contribution in [-0.2, 0) is 6.42 Å². The van der Waals surface area contributed by atoms with Crippen molar-refractivity contribution in [3.8, 4) is 6.01 Å². The van der Waals surface area contributed by atoms with E-state index in [4.69, 9.17) is 9.25 Å². The van der Waals surface area contributed by atoms with E-state index in [0.717, 1.165) is 12.1 Å². The number of hydrogen-bond acceptors (Lipinski definition) is 6. The Morgan fingerprint density at radius 3 is 2.76 bits per heavy atom. The molecule has 2 aliphatic rings. The van der Waals surface area contributed by atoms with Gasteiger partial charge < -0.3 is 9.25 Å². The molecule has 29 heavy (non-hydrogen) atoms. The topological polar surface area (TPSA) is 97.5 Å². The first-order valence-corrected chi connectivity index (χ1v) is 10.4. The molecule has 2 saturated carbocycles. The second-order valence-electron chi connectivity index (χ2n) is 8.49. The Morgan fingerprint density at radius 2 is 2.03 bits per heavy atom. The third-order valence-electron chi connectivity index (χ3n) is 6.10. The number of aromatic amines is 1. The fraction of sp³-hybridized carbons (Fsp3) is 0.619. The van der Waals surface area contributed by atoms with Crippen LogP contribution in [0.25, 0.3) is 11.1 Å². The number of rotatable bonds is 5. The number of fused-ring (bicyclic) bond motifs is 1. The smallest absolute Gasteiger partial charge is 0.337 e. The zero-order valence-corrected chi connectivity index (χ0v) is 16.6. The summed E-state index contributed by atoms with van der Waals surface area (Å²) in [7, 11) is 0. The Labute approximate surface area is 167 Å². The predicted molar refractivity (Wildman–Crippen MR) is 107 cm³/mol. The minimum Gasteiger partial charge on any atom is -0.403 e. The first-order valence-electron chi connectivity index (χ1n) is 10.4. The Kier molecular flexibility index (Phi) is 5.52. The van der Waals surface area contributed by atoms with E-state index in [1.54, 1.807) is 6.92 Å². The Morgan fingerprint density at radius 1 is 1.31 bits per heavy atom. The molecule has 0 saturated heterocycles. The van der Waals surface area contributed by atoms with Crippen LogP contribution in [0.1, 0.15) is 70.3 Å². The lowest BCUT2D eigenvalue weighted by Crippen LogP contribution is -2.26. The molecule has 4 rings (SSSR count). The first kappa shape index (κ1) is 19.8. The monoisotopic (exact) mass is 403 g/mol. The Balaban J connectivity index is 1.55. The van der Waals surface area contributed by atoms with Gasteiger partial charge in [0.2, 0.25) is 5.71 Å². The Hall–Kier alpha value is -2.51. The molecule has 0 amide bonds. The van der Waals surface area contributed by atoms with E-state index in [-0.39, 0.29) is 17.1 Å². The number of aromatic nitrogens is 2. The van der Waals surface area contributed by atoms with E-state index in [0.29, 0.717) is 43.6 Å². The van der Waals surface area contributed by atoms with E-state index in [1.165, 1.54) is 31.7 Å². The molecule has 0 aromatic carbocycles. The summed E-state index contributed by atoms with van der Waals surface area (Å²) >= 11 is 0. The number of hydrogen-bond donors (Lipinski definition) is 1. The summed E-state index contributed by atoms with van der Waals surface area (Å²) in [4.78, 5) is 36.5. The highest BCUT2D eigenvalue weighted by molar-refractivity contribution is 5.85. The van der Waals surface area contributed by atoms with Crippen LogP contribution in [0, 0.1) is 5.92 Å². The fourth-order valence-electron chi connectivity index (χ4n) is 4.29. The highest BCUT2D eigenvalue weighted by Crippen LogP contribution is 2.30. The highest BCUT2D eigenvalue weighted by Gasteiger charge is 2.29. The molecule has 0 radical (unpaired) electrons. The molecule has 1 N–H and O–H groups in total. The highest BCUT2D eigenvalue weighted by atomic mass is 19.1. The van der Waals surface area contributed by atoms with Crippen LogP contribution in [0.15, 0.2) is 25.2 Å². The molecule has 2 aromatic rings. The zero-order valence-electron chi connectivity index (χ0n) is 16.6. The van der Waals surface area contributed by atoms with Crippen molar-refractivity contribution in [2.45, 2.75) is 76.8 Å². The number of nitrogens with one attached hydrogen (secondary N) is 1. The van der Waals surface area contributed by atoms with Gasteiger partial charge in [-0.15, -0.1) is 0 Å². The number of oxime groups is 1. The zero-order chi connectivity index (χ0) is 20.4. The molecular weight excluding hydrogens is 377 g/mol. The molecule has 0 aliphatic heterocycles. The van der Waals surface area contributed by atoms with Crippen LogP contribution in [0.4, 0.5) is 4.39 Å². The lowest BCUT2D eigenvalue weighted by molar-refractivity contribution is 0.156. The Bertz CT molecular complexity index is 1020. The molecule has 2 aromatic heterocycles. The van der Waals surface area contributed by atoms with E-state index in [9.17, 15) is 14.0 Å². The van der Waals surface area contributed by atoms with Gasteiger partial charge in [0.15, 0.2) is 0 Å². The standard InChI is InChI=1S/C21H26FN3O4/c1-21(22)10-8-15(9-11-21)25-29-20-23-18(27)17-14(7-6-13-4-2-3-5-13)12-16(26)28-19(17)24-20/h12-13H,2-11H2,1H3,(H,23,24,27). The second-order valence-corrected chi connectivity index (χ2v) is 8.49. The molecule has 2 fully saturated rings. The van der Waals surface area contributed by atoms with E-state index < -0.39 is 16.9 Å². The lowest BCUT2D eigenvalue weighted by Gasteiger charge is -2.25. The summed E-state index contributed by atoms with van der Waals surface area (Å²) in [5, 5.41) is 4.28. The van der Waals surface area contributed by atoms with E-state index in [2.05, 4.69) is 15.1 Å². The van der Waals surface area contributed by atoms with Gasteiger partial charge in [0.05, 0.1) is 5.71 Å². The molecule has 8 heteroatoms. The van der Waals surface area contributed by atoms with Gasteiger partial charge in [-0.25, -0.2) is 9.18 Å². The van der Waals surface area contributed by atoms with E-state index >= 15 is 0 Å². The lowest BCUT2D eigenvalue weighted by atomic mass is 9.87. The van der Waals surface area contributed by atoms with Crippen LogP contribution >= 0.6 is 0 Å². The molecule has 0 atom stereocenters. The average Bonchev–Trinajstić information content (AvgIpc) is 3.18. The normalized spacial score (nSPS) is 22.9. The molecule has 7 nitrogen and oxygen atoms in total. The van der Waals surface area contributed by atoms with E-state index in [1.807, 2.05) is 0 Å². The summed E-state index contributed by atoms with van der Waals surface area (Å²) in [5.74, 6) is 0.643. The van der Waals surface area contributed by atoms with Gasteiger partial charge in [0, 0.05) is 6.07 Å². The SMILES string of the molecule is CC1(F)CCC(=NOc2nc3oc(=O)cc(CCC4CCCC4)c3c(=O)[nH]2)CC1. The first-order chi connectivity index (χ1) is 13.9. The predicted octanol–water partition coefficient (Wildman–Crippen LogP) is 4.04. The molecule has 2 heterocycles. The van der Waals surface area contributed by atoms with Crippen molar-refractivity contribution >= 4 is 16.8 Å². The van der Waals surface area contributed by atoms with Crippen LogP contribution in [0.3, 0.4) is 0 Å². The van der Waals surface area contributed by atoms with Gasteiger partial charge in [-0.05, 0) is 56.9 Å². The maximum atomic E-state index is 13.9. The fourth-order valence-corrected chi connectivity index (χ4v) is 4.29. The summed E-state index contributed by atoms with van der Waals surface area (Å²) in [6, 6.07) is 1.24. The number of alkyl halides is 1. The average molecular weight is 403 g/mol. The molecule has 156 valence electrons. The quantitative estimate of drug-likeness (QED) is 0.760. The number of H-pyrrole nitrogens is 1. The van der Waals surface area contributed by atoms with Crippen molar-refractivity contribution in [1.82, 2.24) is 9.97 Å². The van der Waals surface area contributed by atoms with Crippen molar-refractivity contribution < 1.29 is 13.6 Å². The largest absolute Gasteiger partial charge is 0.403 e. The molecule has 0 bridgehead atoms. The third-order valence-corrected chi connectivity index (χ3v) is 6.10. The third kappa shape index (κ3) is 4.74. The number of aryl methyl sites for hydroxylation is 1. The van der Waals surface area contributed by atoms with Crippen molar-refractivity contribution in [3.05, 3.63) is 32.4 Å². The van der Waals surface area contributed by atoms with Crippen LogP contribution in [0.5, 0.6) is 6.01 Å². The van der Waals surface area contributed by atoms with Crippen molar-refractivity contribution in [2.24, 2.45) is 11.1 Å². The molecule has 0 spiro atoms.